The number of carbonyl (C=O) groups is 1. The topological polar surface area (TPSA) is 70.5 Å². The van der Waals surface area contributed by atoms with E-state index in [2.05, 4.69) is 9.97 Å². The third-order valence-corrected chi connectivity index (χ3v) is 4.03. The van der Waals surface area contributed by atoms with E-state index >= 15 is 0 Å². The van der Waals surface area contributed by atoms with Crippen molar-refractivity contribution in [2.24, 2.45) is 0 Å². The Balaban J connectivity index is 1.54. The smallest absolute Gasteiger partial charge is 0.338 e. The van der Waals surface area contributed by atoms with Gasteiger partial charge in [0.05, 0.1) is 23.2 Å². The number of fused-ring (bicyclic) bond motifs is 2. The lowest BCUT2D eigenvalue weighted by Gasteiger charge is -2.21. The minimum atomic E-state index is -0.451. The van der Waals surface area contributed by atoms with Crippen LogP contribution in [0.25, 0.3) is 11.0 Å². The van der Waals surface area contributed by atoms with Crippen LogP contribution < -0.4 is 4.74 Å². The molecule has 0 atom stereocenters. The molecular formula is C18H13ClN2O4. The Morgan fingerprint density at radius 2 is 2.00 bits per heavy atom. The molecule has 0 spiro atoms. The van der Waals surface area contributed by atoms with Gasteiger partial charge in [-0.25, -0.2) is 4.79 Å². The van der Waals surface area contributed by atoms with Crippen LogP contribution in [0.1, 0.15) is 21.5 Å². The SMILES string of the molecule is O=C(OCc1cc(Cl)cc2c1OCOC2)c1ccc2nccnc2c1. The highest BCUT2D eigenvalue weighted by Gasteiger charge is 2.18. The first kappa shape index (κ1) is 15.8. The lowest BCUT2D eigenvalue weighted by molar-refractivity contribution is -0.0180. The number of rotatable bonds is 3. The summed E-state index contributed by atoms with van der Waals surface area (Å²) in [6.07, 6.45) is 3.18. The van der Waals surface area contributed by atoms with E-state index in [-0.39, 0.29) is 13.4 Å². The molecule has 0 amide bonds. The zero-order chi connectivity index (χ0) is 17.2. The fraction of sp³-hybridized carbons (Fsp3) is 0.167. The Labute approximate surface area is 148 Å². The number of carbonyl (C=O) groups excluding carboxylic acids is 1. The zero-order valence-corrected chi connectivity index (χ0v) is 13.8. The van der Waals surface area contributed by atoms with Crippen LogP contribution in [0.3, 0.4) is 0 Å². The third kappa shape index (κ3) is 3.26. The van der Waals surface area contributed by atoms with Gasteiger partial charge in [0.2, 0.25) is 0 Å². The summed E-state index contributed by atoms with van der Waals surface area (Å²) >= 11 is 6.11. The molecule has 0 fully saturated rings. The number of esters is 1. The van der Waals surface area contributed by atoms with Gasteiger partial charge in [0.15, 0.2) is 6.79 Å². The fourth-order valence-electron chi connectivity index (χ4n) is 2.68. The van der Waals surface area contributed by atoms with Gasteiger partial charge in [-0.1, -0.05) is 11.6 Å². The van der Waals surface area contributed by atoms with Crippen LogP contribution >= 0.6 is 11.6 Å². The van der Waals surface area contributed by atoms with E-state index in [0.717, 1.165) is 11.1 Å². The van der Waals surface area contributed by atoms with Crippen LogP contribution in [-0.2, 0) is 22.7 Å². The van der Waals surface area contributed by atoms with Crippen LogP contribution in [0.2, 0.25) is 5.02 Å². The minimum absolute atomic E-state index is 0.0558. The second-order valence-corrected chi connectivity index (χ2v) is 5.94. The first-order chi connectivity index (χ1) is 12.2. The summed E-state index contributed by atoms with van der Waals surface area (Å²) in [5.74, 6) is 0.209. The van der Waals surface area contributed by atoms with E-state index in [1.54, 1.807) is 42.7 Å². The molecule has 0 N–H and O–H groups in total. The monoisotopic (exact) mass is 356 g/mol. The molecule has 2 aromatic carbocycles. The second kappa shape index (κ2) is 6.66. The minimum Gasteiger partial charge on any atom is -0.467 e. The second-order valence-electron chi connectivity index (χ2n) is 5.50. The van der Waals surface area contributed by atoms with Crippen LogP contribution in [0.4, 0.5) is 0 Å². The first-order valence-electron chi connectivity index (χ1n) is 7.60. The molecule has 0 radical (unpaired) electrons. The molecule has 3 aromatic rings. The first-order valence-corrected chi connectivity index (χ1v) is 7.98. The molecule has 25 heavy (non-hydrogen) atoms. The molecule has 0 bridgehead atoms. The molecular weight excluding hydrogens is 344 g/mol. The van der Waals surface area contributed by atoms with Crippen LogP contribution in [0, 0.1) is 0 Å². The average Bonchev–Trinajstić information content (AvgIpc) is 2.65. The van der Waals surface area contributed by atoms with E-state index < -0.39 is 5.97 Å². The maximum absolute atomic E-state index is 12.3. The van der Waals surface area contributed by atoms with Crippen molar-refractivity contribution in [1.82, 2.24) is 9.97 Å². The molecule has 0 aliphatic carbocycles. The van der Waals surface area contributed by atoms with E-state index in [9.17, 15) is 4.79 Å². The molecule has 2 heterocycles. The van der Waals surface area contributed by atoms with Crippen molar-refractivity contribution >= 4 is 28.6 Å². The third-order valence-electron chi connectivity index (χ3n) is 3.82. The quantitative estimate of drug-likeness (QED) is 0.669. The number of halogens is 1. The van der Waals surface area contributed by atoms with E-state index in [0.29, 0.717) is 34.0 Å². The zero-order valence-electron chi connectivity index (χ0n) is 13.1. The Morgan fingerprint density at radius 3 is 2.88 bits per heavy atom. The predicted octanol–water partition coefficient (Wildman–Crippen LogP) is 3.51. The van der Waals surface area contributed by atoms with Crippen molar-refractivity contribution in [2.75, 3.05) is 6.79 Å². The van der Waals surface area contributed by atoms with E-state index in [1.165, 1.54) is 0 Å². The van der Waals surface area contributed by atoms with Gasteiger partial charge < -0.3 is 14.2 Å². The number of ether oxygens (including phenoxy) is 3. The summed E-state index contributed by atoms with van der Waals surface area (Å²) in [5.41, 5.74) is 3.31. The summed E-state index contributed by atoms with van der Waals surface area (Å²) in [4.78, 5) is 20.7. The molecule has 1 aliphatic heterocycles. The van der Waals surface area contributed by atoms with Gasteiger partial charge >= 0.3 is 5.97 Å². The number of hydrogen-bond donors (Lipinski definition) is 0. The van der Waals surface area contributed by atoms with E-state index in [4.69, 9.17) is 25.8 Å². The Morgan fingerprint density at radius 1 is 1.16 bits per heavy atom. The molecule has 0 saturated carbocycles. The van der Waals surface area contributed by atoms with Gasteiger partial charge in [-0.05, 0) is 30.3 Å². The number of aromatic nitrogens is 2. The summed E-state index contributed by atoms with van der Waals surface area (Å²) in [5, 5.41) is 0.542. The van der Waals surface area contributed by atoms with Crippen molar-refractivity contribution in [1.29, 1.82) is 0 Å². The van der Waals surface area contributed by atoms with Gasteiger partial charge in [-0.2, -0.15) is 0 Å². The molecule has 126 valence electrons. The highest BCUT2D eigenvalue weighted by Crippen LogP contribution is 2.32. The van der Waals surface area contributed by atoms with Gasteiger partial charge in [-0.15, -0.1) is 0 Å². The average molecular weight is 357 g/mol. The van der Waals surface area contributed by atoms with Crippen molar-refractivity contribution in [3.63, 3.8) is 0 Å². The number of nitrogens with zero attached hydrogens (tertiary/aromatic N) is 2. The maximum atomic E-state index is 12.3. The largest absolute Gasteiger partial charge is 0.467 e. The summed E-state index contributed by atoms with van der Waals surface area (Å²) in [6, 6.07) is 8.56. The predicted molar refractivity (Wildman–Crippen MR) is 90.4 cm³/mol. The number of benzene rings is 2. The Kier molecular flexibility index (Phi) is 4.21. The maximum Gasteiger partial charge on any atom is 0.338 e. The van der Waals surface area contributed by atoms with Crippen molar-refractivity contribution in [3.8, 4) is 5.75 Å². The van der Waals surface area contributed by atoms with Crippen LogP contribution in [-0.4, -0.2) is 22.7 Å². The van der Waals surface area contributed by atoms with Gasteiger partial charge in [0.25, 0.3) is 0 Å². The number of hydrogen-bond acceptors (Lipinski definition) is 6. The lowest BCUT2D eigenvalue weighted by Crippen LogP contribution is -2.14. The molecule has 7 heteroatoms. The molecule has 1 aromatic heterocycles. The fourth-order valence-corrected chi connectivity index (χ4v) is 2.94. The van der Waals surface area contributed by atoms with Crippen LogP contribution in [0.5, 0.6) is 5.75 Å². The van der Waals surface area contributed by atoms with Gasteiger partial charge in [-0.3, -0.25) is 9.97 Å². The normalized spacial score (nSPS) is 13.2. The highest BCUT2D eigenvalue weighted by molar-refractivity contribution is 6.30. The lowest BCUT2D eigenvalue weighted by atomic mass is 10.1. The molecule has 0 unspecified atom stereocenters. The molecule has 6 nitrogen and oxygen atoms in total. The summed E-state index contributed by atoms with van der Waals surface area (Å²) in [6.45, 7) is 0.638. The Hall–Kier alpha value is -2.70. The Bertz CT molecular complexity index is 961. The van der Waals surface area contributed by atoms with Gasteiger partial charge in [0, 0.05) is 28.5 Å². The molecule has 0 saturated heterocycles. The summed E-state index contributed by atoms with van der Waals surface area (Å²) in [7, 11) is 0. The highest BCUT2D eigenvalue weighted by atomic mass is 35.5. The van der Waals surface area contributed by atoms with Crippen molar-refractivity contribution < 1.29 is 19.0 Å². The summed E-state index contributed by atoms with van der Waals surface area (Å²) < 4.78 is 16.2. The molecule has 1 aliphatic rings. The van der Waals surface area contributed by atoms with Crippen LogP contribution in [0.15, 0.2) is 42.7 Å². The van der Waals surface area contributed by atoms with E-state index in [1.807, 2.05) is 0 Å². The molecule has 4 rings (SSSR count). The van der Waals surface area contributed by atoms with Crippen molar-refractivity contribution in [2.45, 2.75) is 13.2 Å². The van der Waals surface area contributed by atoms with Gasteiger partial charge in [0.1, 0.15) is 12.4 Å². The standard InChI is InChI=1S/C18H13ClN2O4/c19-14-5-12-8-23-10-25-17(12)13(6-14)9-24-18(22)11-1-2-15-16(7-11)21-4-3-20-15/h1-7H,8-10H2. The van der Waals surface area contributed by atoms with Crippen molar-refractivity contribution in [3.05, 3.63) is 64.4 Å².